The van der Waals surface area contributed by atoms with Crippen LogP contribution in [0.5, 0.6) is 0 Å². The van der Waals surface area contributed by atoms with Crippen LogP contribution in [-0.2, 0) is 11.2 Å². The van der Waals surface area contributed by atoms with Gasteiger partial charge in [0, 0.05) is 43.2 Å². The third kappa shape index (κ3) is 4.75. The monoisotopic (exact) mass is 502 g/mol. The molecule has 1 saturated heterocycles. The van der Waals surface area contributed by atoms with Crippen LogP contribution in [0, 0.1) is 5.92 Å². The van der Waals surface area contributed by atoms with Crippen molar-refractivity contribution in [3.05, 3.63) is 64.7 Å². The van der Waals surface area contributed by atoms with Crippen molar-refractivity contribution in [2.24, 2.45) is 5.92 Å². The van der Waals surface area contributed by atoms with E-state index in [1.165, 1.54) is 24.2 Å². The lowest BCUT2D eigenvalue weighted by Gasteiger charge is -2.24. The van der Waals surface area contributed by atoms with E-state index in [1.807, 2.05) is 47.4 Å². The highest BCUT2D eigenvalue weighted by atomic mass is 32.1. The van der Waals surface area contributed by atoms with Gasteiger partial charge in [-0.1, -0.05) is 24.3 Å². The average Bonchev–Trinajstić information content (AvgIpc) is 3.72. The first-order valence-corrected chi connectivity index (χ1v) is 13.6. The molecule has 2 aromatic heterocycles. The summed E-state index contributed by atoms with van der Waals surface area (Å²) < 4.78 is 5.58. The van der Waals surface area contributed by atoms with E-state index in [1.54, 1.807) is 6.07 Å². The van der Waals surface area contributed by atoms with Gasteiger partial charge in [0.05, 0.1) is 17.2 Å². The van der Waals surface area contributed by atoms with Gasteiger partial charge in [-0.2, -0.15) is 0 Å². The molecule has 1 aromatic carbocycles. The minimum atomic E-state index is -0.104. The number of pyridine rings is 1. The van der Waals surface area contributed by atoms with Gasteiger partial charge < -0.3 is 19.9 Å². The molecule has 2 amide bonds. The number of fused-ring (bicyclic) bond motifs is 3. The number of ether oxygens (including phenoxy) is 1. The lowest BCUT2D eigenvalue weighted by Crippen LogP contribution is -2.34. The SMILES string of the molecule is O=C(NCC1CC1)c1cc2c(s1)-c1ccccc1N(C(=O)c1cccc(N3CCCOCC3)n1)CC2. The van der Waals surface area contributed by atoms with Gasteiger partial charge >= 0.3 is 0 Å². The Hall–Kier alpha value is -3.23. The maximum absolute atomic E-state index is 13.8. The van der Waals surface area contributed by atoms with E-state index in [0.717, 1.165) is 65.0 Å². The van der Waals surface area contributed by atoms with E-state index in [9.17, 15) is 9.59 Å². The number of para-hydroxylation sites is 1. The van der Waals surface area contributed by atoms with Crippen molar-refractivity contribution in [1.29, 1.82) is 0 Å². The Labute approximate surface area is 215 Å². The molecule has 186 valence electrons. The number of thiophene rings is 1. The van der Waals surface area contributed by atoms with Gasteiger partial charge in [-0.15, -0.1) is 11.3 Å². The normalized spacial score (nSPS) is 17.6. The molecule has 0 spiro atoms. The second-order valence-corrected chi connectivity index (χ2v) is 10.7. The summed E-state index contributed by atoms with van der Waals surface area (Å²) in [6.07, 6.45) is 4.05. The van der Waals surface area contributed by atoms with E-state index in [-0.39, 0.29) is 11.8 Å². The van der Waals surface area contributed by atoms with Gasteiger partial charge in [0.15, 0.2) is 0 Å². The van der Waals surface area contributed by atoms with Gasteiger partial charge in [0.25, 0.3) is 11.8 Å². The van der Waals surface area contributed by atoms with Crippen molar-refractivity contribution in [2.45, 2.75) is 25.7 Å². The summed E-state index contributed by atoms with van der Waals surface area (Å²) >= 11 is 1.52. The number of carbonyl (C=O) groups excluding carboxylic acids is 2. The fourth-order valence-electron chi connectivity index (χ4n) is 4.90. The Kier molecular flexibility index (Phi) is 6.46. The van der Waals surface area contributed by atoms with Crippen molar-refractivity contribution in [2.75, 3.05) is 49.2 Å². The van der Waals surface area contributed by atoms with Crippen LogP contribution in [-0.4, -0.2) is 56.2 Å². The van der Waals surface area contributed by atoms with Gasteiger partial charge in [-0.3, -0.25) is 9.59 Å². The van der Waals surface area contributed by atoms with Crippen LogP contribution in [0.25, 0.3) is 10.4 Å². The number of hydrogen-bond acceptors (Lipinski definition) is 6. The first-order chi connectivity index (χ1) is 17.7. The van der Waals surface area contributed by atoms with Crippen molar-refractivity contribution < 1.29 is 14.3 Å². The van der Waals surface area contributed by atoms with Crippen molar-refractivity contribution >= 4 is 34.7 Å². The minimum Gasteiger partial charge on any atom is -0.380 e. The second kappa shape index (κ2) is 10.0. The largest absolute Gasteiger partial charge is 0.380 e. The first kappa shape index (κ1) is 23.2. The van der Waals surface area contributed by atoms with Crippen LogP contribution in [0.15, 0.2) is 48.5 Å². The van der Waals surface area contributed by atoms with Crippen molar-refractivity contribution in [1.82, 2.24) is 10.3 Å². The molecule has 6 rings (SSSR count). The number of rotatable bonds is 5. The zero-order chi connectivity index (χ0) is 24.5. The summed E-state index contributed by atoms with van der Waals surface area (Å²) in [6.45, 7) is 4.36. The van der Waals surface area contributed by atoms with Crippen LogP contribution in [0.3, 0.4) is 0 Å². The summed E-state index contributed by atoms with van der Waals surface area (Å²) in [5, 5.41) is 3.08. The lowest BCUT2D eigenvalue weighted by atomic mass is 10.1. The Bertz CT molecular complexity index is 1280. The molecule has 0 bridgehead atoms. The molecule has 2 fully saturated rings. The van der Waals surface area contributed by atoms with Crippen LogP contribution in [0.1, 0.15) is 45.0 Å². The third-order valence-corrected chi connectivity index (χ3v) is 8.28. The van der Waals surface area contributed by atoms with Gasteiger partial charge in [-0.25, -0.2) is 4.98 Å². The number of aromatic nitrogens is 1. The number of benzene rings is 1. The fraction of sp³-hybridized carbons (Fsp3) is 0.393. The van der Waals surface area contributed by atoms with Crippen molar-refractivity contribution in [3.8, 4) is 10.4 Å². The van der Waals surface area contributed by atoms with E-state index in [2.05, 4.69) is 10.2 Å². The molecule has 3 aliphatic rings. The molecule has 0 atom stereocenters. The van der Waals surface area contributed by atoms with Crippen LogP contribution in [0.4, 0.5) is 11.5 Å². The molecule has 2 aliphatic heterocycles. The predicted molar refractivity (Wildman–Crippen MR) is 142 cm³/mol. The van der Waals surface area contributed by atoms with E-state index >= 15 is 0 Å². The molecule has 1 N–H and O–H groups in total. The highest BCUT2D eigenvalue weighted by Crippen LogP contribution is 2.42. The Morgan fingerprint density at radius 2 is 1.94 bits per heavy atom. The first-order valence-electron chi connectivity index (χ1n) is 12.8. The molecule has 36 heavy (non-hydrogen) atoms. The van der Waals surface area contributed by atoms with Gasteiger partial charge in [0.1, 0.15) is 11.5 Å². The van der Waals surface area contributed by atoms with Crippen LogP contribution in [0.2, 0.25) is 0 Å². The van der Waals surface area contributed by atoms with E-state index < -0.39 is 0 Å². The fourth-order valence-corrected chi connectivity index (χ4v) is 6.06. The molecule has 0 unspecified atom stereocenters. The quantitative estimate of drug-likeness (QED) is 0.561. The maximum atomic E-state index is 13.8. The molecule has 4 heterocycles. The smallest absolute Gasteiger partial charge is 0.276 e. The molecule has 1 saturated carbocycles. The topological polar surface area (TPSA) is 74.8 Å². The summed E-state index contributed by atoms with van der Waals surface area (Å²) in [6, 6.07) is 15.7. The maximum Gasteiger partial charge on any atom is 0.276 e. The Balaban J connectivity index is 1.27. The zero-order valence-electron chi connectivity index (χ0n) is 20.2. The molecule has 3 aromatic rings. The Morgan fingerprint density at radius 1 is 1.06 bits per heavy atom. The number of anilines is 2. The summed E-state index contributed by atoms with van der Waals surface area (Å²) in [5.41, 5.74) is 3.41. The molecule has 8 heteroatoms. The second-order valence-electron chi connectivity index (χ2n) is 9.68. The number of nitrogens with zero attached hydrogens (tertiary/aromatic N) is 3. The zero-order valence-corrected chi connectivity index (χ0v) is 21.1. The summed E-state index contributed by atoms with van der Waals surface area (Å²) in [7, 11) is 0. The standard InChI is InChI=1S/C28H30N4O3S/c33-27(29-18-19-9-10-19)24-17-20-11-13-32(23-7-2-1-5-21(23)26(20)36-24)28(34)22-6-3-8-25(30-22)31-12-4-15-35-16-14-31/h1-3,5-8,17,19H,4,9-16,18H2,(H,29,33). The number of carbonyl (C=O) groups is 2. The highest BCUT2D eigenvalue weighted by molar-refractivity contribution is 7.17. The number of amides is 2. The van der Waals surface area contributed by atoms with Gasteiger partial charge in [-0.05, 0) is 61.4 Å². The molecule has 1 aliphatic carbocycles. The van der Waals surface area contributed by atoms with Crippen LogP contribution >= 0.6 is 11.3 Å². The molecule has 0 radical (unpaired) electrons. The predicted octanol–water partition coefficient (Wildman–Crippen LogP) is 4.38. The molecular formula is C28H30N4O3S. The van der Waals surface area contributed by atoms with E-state index in [4.69, 9.17) is 9.72 Å². The van der Waals surface area contributed by atoms with Crippen LogP contribution < -0.4 is 15.1 Å². The minimum absolute atomic E-state index is 0.00492. The molecular weight excluding hydrogens is 472 g/mol. The van der Waals surface area contributed by atoms with Crippen molar-refractivity contribution in [3.63, 3.8) is 0 Å². The summed E-state index contributed by atoms with van der Waals surface area (Å²) in [4.78, 5) is 37.1. The third-order valence-electron chi connectivity index (χ3n) is 7.07. The molecule has 7 nitrogen and oxygen atoms in total. The average molecular weight is 503 g/mol. The highest BCUT2D eigenvalue weighted by Gasteiger charge is 2.29. The van der Waals surface area contributed by atoms with Gasteiger partial charge in [0.2, 0.25) is 0 Å². The van der Waals surface area contributed by atoms with E-state index in [0.29, 0.717) is 31.2 Å². The number of hydrogen-bond donors (Lipinski definition) is 1. The lowest BCUT2D eigenvalue weighted by molar-refractivity contribution is 0.0953. The summed E-state index contributed by atoms with van der Waals surface area (Å²) in [5.74, 6) is 1.36. The Morgan fingerprint density at radius 3 is 2.83 bits per heavy atom. The number of nitrogens with one attached hydrogen (secondary N) is 1.